The van der Waals surface area contributed by atoms with E-state index in [4.69, 9.17) is 9.47 Å². The molecule has 0 aliphatic carbocycles. The van der Waals surface area contributed by atoms with Crippen molar-refractivity contribution in [2.24, 2.45) is 0 Å². The van der Waals surface area contributed by atoms with E-state index >= 15 is 0 Å². The van der Waals surface area contributed by atoms with Crippen LogP contribution in [0, 0.1) is 0 Å². The zero-order valence-corrected chi connectivity index (χ0v) is 16.6. The topological polar surface area (TPSA) is 105 Å². The highest BCUT2D eigenvalue weighted by Crippen LogP contribution is 2.25. The molecule has 1 unspecified atom stereocenters. The predicted octanol–water partition coefficient (Wildman–Crippen LogP) is 3.67. The Morgan fingerprint density at radius 3 is 3.00 bits per heavy atom. The molecular weight excluding hydrogens is 396 g/mol. The fourth-order valence-electron chi connectivity index (χ4n) is 3.46. The van der Waals surface area contributed by atoms with Gasteiger partial charge in [0.15, 0.2) is 5.82 Å². The highest BCUT2D eigenvalue weighted by atomic mass is 16.6. The highest BCUT2D eigenvalue weighted by Gasteiger charge is 2.32. The molecule has 1 atom stereocenters. The maximum atomic E-state index is 12.8. The van der Waals surface area contributed by atoms with Crippen LogP contribution in [0.4, 0.5) is 16.3 Å². The number of ether oxygens (including phenoxy) is 2. The minimum Gasteiger partial charge on any atom is -0.410 e. The zero-order chi connectivity index (χ0) is 21.0. The van der Waals surface area contributed by atoms with E-state index in [2.05, 4.69) is 25.5 Å². The number of para-hydroxylation sites is 1. The molecule has 0 radical (unpaired) electrons. The first-order chi connectivity index (χ1) is 15.3. The Kier molecular flexibility index (Phi) is 5.16. The molecule has 5 rings (SSSR count). The van der Waals surface area contributed by atoms with Gasteiger partial charge in [-0.25, -0.2) is 14.8 Å². The molecule has 2 N–H and O–H groups in total. The third-order valence-electron chi connectivity index (χ3n) is 5.00. The van der Waals surface area contributed by atoms with Gasteiger partial charge in [-0.05, 0) is 36.4 Å². The van der Waals surface area contributed by atoms with E-state index in [-0.39, 0.29) is 0 Å². The molecule has 9 nitrogen and oxygen atoms in total. The number of amides is 1. The van der Waals surface area contributed by atoms with E-state index in [1.165, 1.54) is 0 Å². The summed E-state index contributed by atoms with van der Waals surface area (Å²) in [5.74, 6) is 1.60. The number of carbonyl (C=O) groups excluding carboxylic acids is 1. The fraction of sp³-hybridized carbons (Fsp3) is 0.182. The van der Waals surface area contributed by atoms with Crippen LogP contribution in [-0.2, 0) is 4.74 Å². The Hall–Kier alpha value is -3.98. The third kappa shape index (κ3) is 4.17. The van der Waals surface area contributed by atoms with E-state index < -0.39 is 12.1 Å². The van der Waals surface area contributed by atoms with Gasteiger partial charge in [0, 0.05) is 23.8 Å². The first-order valence-electron chi connectivity index (χ1n) is 9.90. The number of H-pyrrole nitrogens is 1. The largest absolute Gasteiger partial charge is 0.416 e. The predicted molar refractivity (Wildman–Crippen MR) is 114 cm³/mol. The highest BCUT2D eigenvalue weighted by molar-refractivity contribution is 5.82. The summed E-state index contributed by atoms with van der Waals surface area (Å²) in [5, 5.41) is 11.2. The SMILES string of the molecule is O=C(Oc1ccccc1)N1CCOCC1c1nccc(Nc2ccc3[nH]ncc3c2)n1. The Morgan fingerprint density at radius 1 is 1.19 bits per heavy atom. The maximum absolute atomic E-state index is 12.8. The molecule has 9 heteroatoms. The molecule has 4 aromatic rings. The van der Waals surface area contributed by atoms with Gasteiger partial charge in [0.1, 0.15) is 17.6 Å². The Bertz CT molecular complexity index is 1200. The summed E-state index contributed by atoms with van der Waals surface area (Å²) in [4.78, 5) is 23.4. The van der Waals surface area contributed by atoms with Crippen molar-refractivity contribution < 1.29 is 14.3 Å². The minimum absolute atomic E-state index is 0.300. The van der Waals surface area contributed by atoms with E-state index in [0.717, 1.165) is 16.6 Å². The second kappa shape index (κ2) is 8.41. The summed E-state index contributed by atoms with van der Waals surface area (Å²) in [7, 11) is 0. The molecule has 2 aromatic carbocycles. The van der Waals surface area contributed by atoms with Crippen LogP contribution in [0.3, 0.4) is 0 Å². The summed E-state index contributed by atoms with van der Waals surface area (Å²) >= 11 is 0. The number of aromatic nitrogens is 4. The first-order valence-corrected chi connectivity index (χ1v) is 9.90. The van der Waals surface area contributed by atoms with Crippen LogP contribution < -0.4 is 10.1 Å². The second-order valence-electron chi connectivity index (χ2n) is 7.06. The molecule has 156 valence electrons. The van der Waals surface area contributed by atoms with Gasteiger partial charge in [-0.1, -0.05) is 18.2 Å². The van der Waals surface area contributed by atoms with Crippen molar-refractivity contribution in [1.29, 1.82) is 0 Å². The fourth-order valence-corrected chi connectivity index (χ4v) is 3.46. The number of nitrogens with zero attached hydrogens (tertiary/aromatic N) is 4. The van der Waals surface area contributed by atoms with Crippen molar-refractivity contribution in [3.63, 3.8) is 0 Å². The van der Waals surface area contributed by atoms with E-state index in [1.54, 1.807) is 35.5 Å². The van der Waals surface area contributed by atoms with Crippen molar-refractivity contribution in [3.8, 4) is 5.75 Å². The van der Waals surface area contributed by atoms with Crippen molar-refractivity contribution in [3.05, 3.63) is 72.8 Å². The van der Waals surface area contributed by atoms with Crippen LogP contribution in [0.2, 0.25) is 0 Å². The number of benzene rings is 2. The monoisotopic (exact) mass is 416 g/mol. The molecule has 31 heavy (non-hydrogen) atoms. The van der Waals surface area contributed by atoms with Gasteiger partial charge in [0.25, 0.3) is 0 Å². The lowest BCUT2D eigenvalue weighted by Gasteiger charge is -2.33. The van der Waals surface area contributed by atoms with Crippen molar-refractivity contribution in [2.75, 3.05) is 25.1 Å². The number of hydrogen-bond acceptors (Lipinski definition) is 7. The Balaban J connectivity index is 1.35. The van der Waals surface area contributed by atoms with Gasteiger partial charge in [0.2, 0.25) is 0 Å². The number of rotatable bonds is 4. The molecule has 1 fully saturated rings. The lowest BCUT2D eigenvalue weighted by atomic mass is 10.2. The van der Waals surface area contributed by atoms with E-state index in [9.17, 15) is 4.79 Å². The van der Waals surface area contributed by atoms with Crippen LogP contribution >= 0.6 is 0 Å². The van der Waals surface area contributed by atoms with Crippen LogP contribution in [0.1, 0.15) is 11.9 Å². The first kappa shape index (κ1) is 19.0. The smallest absolute Gasteiger partial charge is 0.410 e. The molecule has 1 aliphatic heterocycles. The molecule has 3 heterocycles. The summed E-state index contributed by atoms with van der Waals surface area (Å²) < 4.78 is 11.1. The number of carbonyl (C=O) groups is 1. The maximum Gasteiger partial charge on any atom is 0.416 e. The normalized spacial score (nSPS) is 16.3. The molecule has 0 saturated carbocycles. The average molecular weight is 416 g/mol. The molecular formula is C22H20N6O3. The number of morpholine rings is 1. The molecule has 2 aromatic heterocycles. The summed E-state index contributed by atoms with van der Waals surface area (Å²) in [6.07, 6.45) is 2.98. The van der Waals surface area contributed by atoms with Crippen molar-refractivity contribution in [1.82, 2.24) is 25.1 Å². The Labute approximate surface area is 178 Å². The zero-order valence-electron chi connectivity index (χ0n) is 16.6. The van der Waals surface area contributed by atoms with Gasteiger partial charge in [-0.15, -0.1) is 0 Å². The lowest BCUT2D eigenvalue weighted by molar-refractivity contribution is -0.00161. The molecule has 1 amide bonds. The van der Waals surface area contributed by atoms with Gasteiger partial charge in [-0.2, -0.15) is 5.10 Å². The summed E-state index contributed by atoms with van der Waals surface area (Å²) in [5.41, 5.74) is 1.83. The number of aromatic amines is 1. The number of nitrogens with one attached hydrogen (secondary N) is 2. The quantitative estimate of drug-likeness (QED) is 0.523. The summed E-state index contributed by atoms with van der Waals surface area (Å²) in [6.45, 7) is 1.13. The molecule has 1 saturated heterocycles. The lowest BCUT2D eigenvalue weighted by Crippen LogP contribution is -2.45. The van der Waals surface area contributed by atoms with Crippen LogP contribution in [0.25, 0.3) is 10.9 Å². The van der Waals surface area contributed by atoms with Crippen LogP contribution in [0.5, 0.6) is 5.75 Å². The third-order valence-corrected chi connectivity index (χ3v) is 5.00. The number of hydrogen-bond donors (Lipinski definition) is 2. The van der Waals surface area contributed by atoms with Gasteiger partial charge >= 0.3 is 6.09 Å². The Morgan fingerprint density at radius 2 is 2.10 bits per heavy atom. The van der Waals surface area contributed by atoms with Crippen LogP contribution in [0.15, 0.2) is 67.0 Å². The van der Waals surface area contributed by atoms with Gasteiger partial charge < -0.3 is 14.8 Å². The average Bonchev–Trinajstić information content (AvgIpc) is 3.28. The molecule has 0 spiro atoms. The van der Waals surface area contributed by atoms with Crippen molar-refractivity contribution >= 4 is 28.5 Å². The molecule has 0 bridgehead atoms. The standard InChI is InChI=1S/C22H20N6O3/c29-22(31-17-4-2-1-3-5-17)28-10-11-30-14-19(28)21-23-9-8-20(26-21)25-16-6-7-18-15(12-16)13-24-27-18/h1-9,12-13,19H,10-11,14H2,(H,24,27)(H,23,25,26). The van der Waals surface area contributed by atoms with Gasteiger partial charge in [0.05, 0.1) is 24.9 Å². The van der Waals surface area contributed by atoms with E-state index in [0.29, 0.717) is 37.2 Å². The van der Waals surface area contributed by atoms with Crippen molar-refractivity contribution in [2.45, 2.75) is 6.04 Å². The number of fused-ring (bicyclic) bond motifs is 1. The summed E-state index contributed by atoms with van der Waals surface area (Å²) in [6, 6.07) is 16.2. The van der Waals surface area contributed by atoms with Gasteiger partial charge in [-0.3, -0.25) is 10.00 Å². The second-order valence-corrected chi connectivity index (χ2v) is 7.06. The molecule has 1 aliphatic rings. The minimum atomic E-state index is -0.452. The number of anilines is 2. The van der Waals surface area contributed by atoms with Crippen LogP contribution in [-0.4, -0.2) is 50.9 Å². The van der Waals surface area contributed by atoms with E-state index in [1.807, 2.05) is 36.4 Å².